The van der Waals surface area contributed by atoms with Gasteiger partial charge in [0.15, 0.2) is 5.82 Å². The van der Waals surface area contributed by atoms with E-state index in [1.54, 1.807) is 6.20 Å². The molecule has 1 aliphatic heterocycles. The van der Waals surface area contributed by atoms with Crippen LogP contribution in [0.2, 0.25) is 5.02 Å². The SMILES string of the molecule is ClCC1CN(c2ncncc2Cl)CCO1. The molecule has 2 heterocycles. The maximum absolute atomic E-state index is 6.01. The van der Waals surface area contributed by atoms with Gasteiger partial charge in [-0.3, -0.25) is 0 Å². The van der Waals surface area contributed by atoms with Crippen LogP contribution in [0.3, 0.4) is 0 Å². The van der Waals surface area contributed by atoms with Crippen LogP contribution >= 0.6 is 23.2 Å². The van der Waals surface area contributed by atoms with Crippen molar-refractivity contribution in [1.82, 2.24) is 9.97 Å². The molecule has 6 heteroatoms. The van der Waals surface area contributed by atoms with E-state index in [1.807, 2.05) is 0 Å². The van der Waals surface area contributed by atoms with Crippen molar-refractivity contribution < 1.29 is 4.74 Å². The fraction of sp³-hybridized carbons (Fsp3) is 0.556. The number of aromatic nitrogens is 2. The van der Waals surface area contributed by atoms with Gasteiger partial charge < -0.3 is 9.64 Å². The number of hydrogen-bond donors (Lipinski definition) is 0. The predicted octanol–water partition coefficient (Wildman–Crippen LogP) is 1.57. The zero-order chi connectivity index (χ0) is 10.7. The zero-order valence-electron chi connectivity index (χ0n) is 8.07. The van der Waals surface area contributed by atoms with E-state index in [0.29, 0.717) is 17.5 Å². The fourth-order valence-electron chi connectivity index (χ4n) is 1.54. The quantitative estimate of drug-likeness (QED) is 0.744. The Morgan fingerprint density at radius 3 is 3.20 bits per heavy atom. The molecule has 1 aromatic heterocycles. The van der Waals surface area contributed by atoms with Crippen LogP contribution in [0, 0.1) is 0 Å². The smallest absolute Gasteiger partial charge is 0.150 e. The van der Waals surface area contributed by atoms with Crippen LogP contribution in [-0.4, -0.2) is 41.6 Å². The summed E-state index contributed by atoms with van der Waals surface area (Å²) in [6, 6.07) is 0. The summed E-state index contributed by atoms with van der Waals surface area (Å²) in [7, 11) is 0. The number of hydrogen-bond acceptors (Lipinski definition) is 4. The Hall–Kier alpha value is -0.580. The standard InChI is InChI=1S/C9H11Cl2N3O/c10-3-7-5-14(1-2-15-7)9-8(11)4-12-6-13-9/h4,6-7H,1-3,5H2. The van der Waals surface area contributed by atoms with Crippen LogP contribution in [0.1, 0.15) is 0 Å². The summed E-state index contributed by atoms with van der Waals surface area (Å²) in [5.74, 6) is 1.24. The van der Waals surface area contributed by atoms with E-state index in [-0.39, 0.29) is 6.10 Å². The van der Waals surface area contributed by atoms with Gasteiger partial charge in [-0.05, 0) is 0 Å². The highest BCUT2D eigenvalue weighted by atomic mass is 35.5. The Bertz CT molecular complexity index is 337. The lowest BCUT2D eigenvalue weighted by molar-refractivity contribution is 0.0552. The minimum atomic E-state index is 0.0476. The molecule has 15 heavy (non-hydrogen) atoms. The third-order valence-corrected chi connectivity index (χ3v) is 2.87. The second-order valence-corrected chi connectivity index (χ2v) is 4.00. The lowest BCUT2D eigenvalue weighted by atomic mass is 10.3. The molecular weight excluding hydrogens is 237 g/mol. The Kier molecular flexibility index (Phi) is 3.61. The van der Waals surface area contributed by atoms with E-state index < -0.39 is 0 Å². The Labute approximate surface area is 98.2 Å². The number of anilines is 1. The van der Waals surface area contributed by atoms with Crippen molar-refractivity contribution in [2.45, 2.75) is 6.10 Å². The summed E-state index contributed by atoms with van der Waals surface area (Å²) in [6.07, 6.45) is 3.13. The average molecular weight is 248 g/mol. The molecule has 1 aromatic rings. The molecule has 4 nitrogen and oxygen atoms in total. The molecule has 1 unspecified atom stereocenters. The third-order valence-electron chi connectivity index (χ3n) is 2.26. The molecule has 0 aromatic carbocycles. The van der Waals surface area contributed by atoms with Gasteiger partial charge in [0.05, 0.1) is 24.8 Å². The van der Waals surface area contributed by atoms with E-state index in [9.17, 15) is 0 Å². The van der Waals surface area contributed by atoms with Crippen molar-refractivity contribution in [1.29, 1.82) is 0 Å². The van der Waals surface area contributed by atoms with Crippen LogP contribution < -0.4 is 4.90 Å². The van der Waals surface area contributed by atoms with E-state index in [0.717, 1.165) is 18.9 Å². The van der Waals surface area contributed by atoms with Gasteiger partial charge in [0, 0.05) is 13.1 Å². The van der Waals surface area contributed by atoms with E-state index >= 15 is 0 Å². The molecule has 0 aliphatic carbocycles. The van der Waals surface area contributed by atoms with E-state index in [1.165, 1.54) is 6.33 Å². The van der Waals surface area contributed by atoms with Crippen LogP contribution in [0.4, 0.5) is 5.82 Å². The summed E-state index contributed by atoms with van der Waals surface area (Å²) >= 11 is 11.8. The van der Waals surface area contributed by atoms with Gasteiger partial charge in [-0.1, -0.05) is 11.6 Å². The van der Waals surface area contributed by atoms with Crippen molar-refractivity contribution in [2.24, 2.45) is 0 Å². The number of nitrogens with zero attached hydrogens (tertiary/aromatic N) is 3. The van der Waals surface area contributed by atoms with Gasteiger partial charge in [0.1, 0.15) is 11.3 Å². The minimum Gasteiger partial charge on any atom is -0.373 e. The van der Waals surface area contributed by atoms with Gasteiger partial charge in [-0.25, -0.2) is 9.97 Å². The molecule has 2 rings (SSSR count). The molecule has 1 fully saturated rings. The molecule has 82 valence electrons. The zero-order valence-corrected chi connectivity index (χ0v) is 9.58. The summed E-state index contributed by atoms with van der Waals surface area (Å²) < 4.78 is 5.46. The molecule has 0 N–H and O–H groups in total. The van der Waals surface area contributed by atoms with Crippen molar-refractivity contribution in [2.75, 3.05) is 30.5 Å². The Morgan fingerprint density at radius 1 is 1.60 bits per heavy atom. The summed E-state index contributed by atoms with van der Waals surface area (Å²) in [5, 5.41) is 0.563. The Morgan fingerprint density at radius 2 is 2.47 bits per heavy atom. The summed E-state index contributed by atoms with van der Waals surface area (Å²) in [4.78, 5) is 10.1. The van der Waals surface area contributed by atoms with Crippen LogP contribution in [0.5, 0.6) is 0 Å². The van der Waals surface area contributed by atoms with Crippen LogP contribution in [0.25, 0.3) is 0 Å². The molecule has 0 amide bonds. The topological polar surface area (TPSA) is 38.2 Å². The Balaban J connectivity index is 2.13. The molecule has 1 atom stereocenters. The highest BCUT2D eigenvalue weighted by molar-refractivity contribution is 6.32. The second-order valence-electron chi connectivity index (χ2n) is 3.29. The number of alkyl halides is 1. The van der Waals surface area contributed by atoms with Crippen LogP contribution in [0.15, 0.2) is 12.5 Å². The van der Waals surface area contributed by atoms with Gasteiger partial charge in [-0.2, -0.15) is 0 Å². The van der Waals surface area contributed by atoms with Gasteiger partial charge in [0.2, 0.25) is 0 Å². The molecular formula is C9H11Cl2N3O. The van der Waals surface area contributed by atoms with Gasteiger partial charge >= 0.3 is 0 Å². The maximum atomic E-state index is 6.01. The van der Waals surface area contributed by atoms with Gasteiger partial charge in [0.25, 0.3) is 0 Å². The third kappa shape index (κ3) is 2.51. The second kappa shape index (κ2) is 4.96. The summed E-state index contributed by atoms with van der Waals surface area (Å²) in [6.45, 7) is 2.15. The predicted molar refractivity (Wildman–Crippen MR) is 59.7 cm³/mol. The molecule has 0 radical (unpaired) electrons. The maximum Gasteiger partial charge on any atom is 0.150 e. The lowest BCUT2D eigenvalue weighted by Gasteiger charge is -2.33. The van der Waals surface area contributed by atoms with Crippen molar-refractivity contribution in [3.63, 3.8) is 0 Å². The lowest BCUT2D eigenvalue weighted by Crippen LogP contribution is -2.43. The molecule has 1 aliphatic rings. The minimum absolute atomic E-state index is 0.0476. The summed E-state index contributed by atoms with van der Waals surface area (Å²) in [5.41, 5.74) is 0. The highest BCUT2D eigenvalue weighted by Gasteiger charge is 2.22. The molecule has 0 saturated carbocycles. The first-order valence-corrected chi connectivity index (χ1v) is 5.60. The highest BCUT2D eigenvalue weighted by Crippen LogP contribution is 2.23. The number of halogens is 2. The molecule has 0 bridgehead atoms. The normalized spacial score (nSPS) is 21.7. The number of ether oxygens (including phenoxy) is 1. The van der Waals surface area contributed by atoms with Crippen molar-refractivity contribution in [3.8, 4) is 0 Å². The first-order valence-electron chi connectivity index (χ1n) is 4.69. The van der Waals surface area contributed by atoms with E-state index in [4.69, 9.17) is 27.9 Å². The van der Waals surface area contributed by atoms with Crippen molar-refractivity contribution in [3.05, 3.63) is 17.5 Å². The van der Waals surface area contributed by atoms with E-state index in [2.05, 4.69) is 14.9 Å². The monoisotopic (exact) mass is 247 g/mol. The average Bonchev–Trinajstić information content (AvgIpc) is 2.30. The van der Waals surface area contributed by atoms with Crippen molar-refractivity contribution >= 4 is 29.0 Å². The first-order chi connectivity index (χ1) is 7.31. The number of morpholine rings is 1. The fourth-order valence-corrected chi connectivity index (χ4v) is 1.96. The molecule has 0 spiro atoms. The molecule has 1 saturated heterocycles. The van der Waals surface area contributed by atoms with Gasteiger partial charge in [-0.15, -0.1) is 11.6 Å². The number of rotatable bonds is 2. The van der Waals surface area contributed by atoms with Crippen LogP contribution in [-0.2, 0) is 4.74 Å². The largest absolute Gasteiger partial charge is 0.373 e. The first kappa shape index (κ1) is 10.9.